The fourth-order valence-electron chi connectivity index (χ4n) is 3.93. The molecule has 1 amide bonds. The van der Waals surface area contributed by atoms with Crippen LogP contribution < -0.4 is 10.6 Å². The molecule has 3 rings (SSSR count). The van der Waals surface area contributed by atoms with E-state index in [1.807, 2.05) is 0 Å². The molecule has 1 aromatic rings. The molecule has 2 fully saturated rings. The van der Waals surface area contributed by atoms with Gasteiger partial charge in [-0.3, -0.25) is 4.79 Å². The van der Waals surface area contributed by atoms with Crippen LogP contribution in [0.15, 0.2) is 24.3 Å². The van der Waals surface area contributed by atoms with Gasteiger partial charge in [-0.2, -0.15) is 13.2 Å². The van der Waals surface area contributed by atoms with Crippen molar-refractivity contribution in [3.8, 4) is 0 Å². The summed E-state index contributed by atoms with van der Waals surface area (Å²) in [4.78, 5) is 12.2. The molecule has 6 heteroatoms. The van der Waals surface area contributed by atoms with Crippen molar-refractivity contribution in [1.82, 2.24) is 10.6 Å². The van der Waals surface area contributed by atoms with Gasteiger partial charge in [-0.1, -0.05) is 31.0 Å². The van der Waals surface area contributed by atoms with Crippen LogP contribution in [0.1, 0.15) is 49.7 Å². The van der Waals surface area contributed by atoms with Crippen LogP contribution in [0, 0.1) is 0 Å². The van der Waals surface area contributed by atoms with E-state index in [1.54, 1.807) is 6.07 Å². The molecule has 1 aliphatic carbocycles. The molecular formula is C18H23F3N2O. The normalized spacial score (nSPS) is 23.4. The fourth-order valence-corrected chi connectivity index (χ4v) is 3.93. The van der Waals surface area contributed by atoms with Gasteiger partial charge < -0.3 is 10.6 Å². The van der Waals surface area contributed by atoms with Gasteiger partial charge in [0.25, 0.3) is 0 Å². The highest BCUT2D eigenvalue weighted by molar-refractivity contribution is 5.82. The lowest BCUT2D eigenvalue weighted by Crippen LogP contribution is -2.46. The Morgan fingerprint density at radius 1 is 1.25 bits per heavy atom. The Balaban J connectivity index is 1.77. The van der Waals surface area contributed by atoms with Gasteiger partial charge in [-0.25, -0.2) is 0 Å². The minimum atomic E-state index is -4.34. The van der Waals surface area contributed by atoms with Gasteiger partial charge in [0.15, 0.2) is 0 Å². The largest absolute Gasteiger partial charge is 0.416 e. The second-order valence-electron chi connectivity index (χ2n) is 6.93. The maximum atomic E-state index is 13.0. The second-order valence-corrected chi connectivity index (χ2v) is 6.93. The SMILES string of the molecule is O=C(NCC1(c2cccc(C(F)(F)F)c2)CCCC1)C1CCCN1. The minimum Gasteiger partial charge on any atom is -0.354 e. The number of alkyl halides is 3. The number of rotatable bonds is 4. The smallest absolute Gasteiger partial charge is 0.354 e. The van der Waals surface area contributed by atoms with E-state index in [0.717, 1.165) is 51.1 Å². The van der Waals surface area contributed by atoms with Crippen LogP contribution in [0.25, 0.3) is 0 Å². The van der Waals surface area contributed by atoms with Gasteiger partial charge in [-0.05, 0) is 43.9 Å². The summed E-state index contributed by atoms with van der Waals surface area (Å²) in [6.45, 7) is 1.25. The molecule has 1 atom stereocenters. The molecule has 0 bridgehead atoms. The van der Waals surface area contributed by atoms with E-state index in [-0.39, 0.29) is 17.4 Å². The number of benzene rings is 1. The average Bonchev–Trinajstić information content (AvgIpc) is 3.24. The summed E-state index contributed by atoms with van der Waals surface area (Å²) in [6.07, 6.45) is 1.05. The third-order valence-electron chi connectivity index (χ3n) is 5.34. The summed E-state index contributed by atoms with van der Waals surface area (Å²) < 4.78 is 39.1. The van der Waals surface area contributed by atoms with E-state index >= 15 is 0 Å². The summed E-state index contributed by atoms with van der Waals surface area (Å²) >= 11 is 0. The van der Waals surface area contributed by atoms with E-state index < -0.39 is 11.7 Å². The second kappa shape index (κ2) is 6.75. The first-order chi connectivity index (χ1) is 11.4. The summed E-state index contributed by atoms with van der Waals surface area (Å²) in [7, 11) is 0. The van der Waals surface area contributed by atoms with Crippen molar-refractivity contribution in [2.45, 2.75) is 56.2 Å². The molecule has 1 saturated carbocycles. The number of nitrogens with one attached hydrogen (secondary N) is 2. The fraction of sp³-hybridized carbons (Fsp3) is 0.611. The topological polar surface area (TPSA) is 41.1 Å². The van der Waals surface area contributed by atoms with E-state index in [0.29, 0.717) is 12.1 Å². The number of amides is 1. The van der Waals surface area contributed by atoms with Crippen molar-refractivity contribution < 1.29 is 18.0 Å². The lowest BCUT2D eigenvalue weighted by atomic mass is 9.78. The van der Waals surface area contributed by atoms with Gasteiger partial charge in [0, 0.05) is 12.0 Å². The van der Waals surface area contributed by atoms with Crippen molar-refractivity contribution in [2.75, 3.05) is 13.1 Å². The summed E-state index contributed by atoms with van der Waals surface area (Å²) in [5, 5.41) is 6.13. The van der Waals surface area contributed by atoms with Crippen LogP contribution in [-0.4, -0.2) is 25.0 Å². The first-order valence-electron chi connectivity index (χ1n) is 8.60. The number of carbonyl (C=O) groups is 1. The molecule has 0 aromatic heterocycles. The van der Waals surface area contributed by atoms with Crippen LogP contribution in [0.4, 0.5) is 13.2 Å². The van der Waals surface area contributed by atoms with E-state index in [1.165, 1.54) is 12.1 Å². The maximum Gasteiger partial charge on any atom is 0.416 e. The molecule has 24 heavy (non-hydrogen) atoms. The third-order valence-corrected chi connectivity index (χ3v) is 5.34. The standard InChI is InChI=1S/C18H23F3N2O/c19-18(20,21)14-6-3-5-13(11-14)17(8-1-2-9-17)12-23-16(24)15-7-4-10-22-15/h3,5-6,11,15,22H,1-2,4,7-10,12H2,(H,23,24). The number of halogens is 3. The molecule has 132 valence electrons. The van der Waals surface area contributed by atoms with Crippen molar-refractivity contribution in [3.63, 3.8) is 0 Å². The third kappa shape index (κ3) is 3.58. The monoisotopic (exact) mass is 340 g/mol. The first kappa shape index (κ1) is 17.3. The predicted molar refractivity (Wildman–Crippen MR) is 85.6 cm³/mol. The van der Waals surface area contributed by atoms with Crippen molar-refractivity contribution in [3.05, 3.63) is 35.4 Å². The quantitative estimate of drug-likeness (QED) is 0.882. The number of carbonyl (C=O) groups excluding carboxylic acids is 1. The molecule has 1 aromatic carbocycles. The zero-order valence-electron chi connectivity index (χ0n) is 13.6. The number of hydrogen-bond acceptors (Lipinski definition) is 2. The molecule has 3 nitrogen and oxygen atoms in total. The highest BCUT2D eigenvalue weighted by Crippen LogP contribution is 2.42. The number of hydrogen-bond donors (Lipinski definition) is 2. The molecule has 1 saturated heterocycles. The molecule has 0 spiro atoms. The van der Waals surface area contributed by atoms with Crippen LogP contribution >= 0.6 is 0 Å². The minimum absolute atomic E-state index is 0.0363. The Kier molecular flexibility index (Phi) is 4.85. The Labute approximate surface area is 140 Å². The highest BCUT2D eigenvalue weighted by Gasteiger charge is 2.38. The van der Waals surface area contributed by atoms with Crippen LogP contribution in [0.3, 0.4) is 0 Å². The summed E-state index contributed by atoms with van der Waals surface area (Å²) in [6, 6.07) is 5.43. The Hall–Kier alpha value is -1.56. The molecule has 2 N–H and O–H groups in total. The van der Waals surface area contributed by atoms with Gasteiger partial charge in [0.2, 0.25) is 5.91 Å². The van der Waals surface area contributed by atoms with Gasteiger partial charge in [0.05, 0.1) is 11.6 Å². The zero-order valence-corrected chi connectivity index (χ0v) is 13.6. The molecular weight excluding hydrogens is 317 g/mol. The van der Waals surface area contributed by atoms with E-state index in [9.17, 15) is 18.0 Å². The molecule has 1 heterocycles. The molecule has 2 aliphatic rings. The lowest BCUT2D eigenvalue weighted by molar-refractivity contribution is -0.137. The molecule has 0 radical (unpaired) electrons. The molecule has 1 aliphatic heterocycles. The average molecular weight is 340 g/mol. The predicted octanol–water partition coefficient (Wildman–Crippen LogP) is 3.39. The summed E-state index contributed by atoms with van der Waals surface area (Å²) in [5.74, 6) is -0.0363. The lowest BCUT2D eigenvalue weighted by Gasteiger charge is -2.31. The van der Waals surface area contributed by atoms with Gasteiger partial charge in [0.1, 0.15) is 0 Å². The van der Waals surface area contributed by atoms with Crippen LogP contribution in [-0.2, 0) is 16.4 Å². The van der Waals surface area contributed by atoms with Crippen LogP contribution in [0.5, 0.6) is 0 Å². The van der Waals surface area contributed by atoms with Gasteiger partial charge in [-0.15, -0.1) is 0 Å². The van der Waals surface area contributed by atoms with Crippen molar-refractivity contribution in [2.24, 2.45) is 0 Å². The van der Waals surface area contributed by atoms with Gasteiger partial charge >= 0.3 is 6.18 Å². The first-order valence-corrected chi connectivity index (χ1v) is 8.60. The Morgan fingerprint density at radius 2 is 2.00 bits per heavy atom. The maximum absolute atomic E-state index is 13.0. The molecule has 1 unspecified atom stereocenters. The van der Waals surface area contributed by atoms with E-state index in [4.69, 9.17) is 0 Å². The zero-order chi connectivity index (χ0) is 17.2. The Bertz CT molecular complexity index is 588. The van der Waals surface area contributed by atoms with E-state index in [2.05, 4.69) is 10.6 Å². The van der Waals surface area contributed by atoms with Crippen LogP contribution in [0.2, 0.25) is 0 Å². The summed E-state index contributed by atoms with van der Waals surface area (Å²) in [5.41, 5.74) is -0.306. The van der Waals surface area contributed by atoms with Crippen molar-refractivity contribution in [1.29, 1.82) is 0 Å². The Morgan fingerprint density at radius 3 is 2.62 bits per heavy atom. The van der Waals surface area contributed by atoms with Crippen molar-refractivity contribution >= 4 is 5.91 Å². The highest BCUT2D eigenvalue weighted by atomic mass is 19.4.